The van der Waals surface area contributed by atoms with Gasteiger partial charge in [-0.05, 0) is 73.9 Å². The van der Waals surface area contributed by atoms with Gasteiger partial charge in [-0.2, -0.15) is 13.2 Å². The summed E-state index contributed by atoms with van der Waals surface area (Å²) >= 11 is 2.65. The van der Waals surface area contributed by atoms with E-state index in [0.29, 0.717) is 69.7 Å². The molecule has 0 spiro atoms. The van der Waals surface area contributed by atoms with E-state index in [9.17, 15) is 43.8 Å². The fraction of sp³-hybridized carbons (Fsp3) is 0.118. The molecule has 16 nitrogen and oxygen atoms in total. The highest BCUT2D eigenvalue weighted by Crippen LogP contribution is 2.47. The standard InChI is InChI=1S/C19H14N2O3S.C18H15NO5.C14H9F3N2O3S/c1-11-7-13(22)8-16(23)17(11)18-14(9-20-24-18)15-10-25-19(21-15)12-5-3-2-4-6-12;1-10-17(11-2-5-15-16(8-11)23-7-6-22-15)18(24-19-10)13-4-3-12(20)9-14(13)21;1-6-2-7(20)3-9(21)10(6)12-11(8-4-23-5-18-8)13(19-22-12)14(15,16)17/h2-10,22-23H,1H3;2-5,8-9,20-21H,6-7H2,1H3;2-5,20-21H,1H3. The Morgan fingerprint density at radius 2 is 1.24 bits per heavy atom. The van der Waals surface area contributed by atoms with Gasteiger partial charge in [-0.3, -0.25) is 0 Å². The Bertz CT molecular complexity index is 3510. The highest BCUT2D eigenvalue weighted by Gasteiger charge is 2.41. The van der Waals surface area contributed by atoms with Gasteiger partial charge in [0.05, 0.1) is 62.2 Å². The second kappa shape index (κ2) is 19.9. The largest absolute Gasteiger partial charge is 0.508 e. The normalized spacial score (nSPS) is 11.9. The van der Waals surface area contributed by atoms with Crippen LogP contribution in [0.25, 0.3) is 78.2 Å². The van der Waals surface area contributed by atoms with Crippen LogP contribution in [0.4, 0.5) is 13.2 Å². The van der Waals surface area contributed by atoms with Crippen LogP contribution in [0.3, 0.4) is 0 Å². The van der Waals surface area contributed by atoms with Gasteiger partial charge < -0.3 is 53.7 Å². The number of aromatic hydroxyl groups is 6. The van der Waals surface area contributed by atoms with Gasteiger partial charge in [-0.15, -0.1) is 22.7 Å². The smallest absolute Gasteiger partial charge is 0.437 e. The topological polar surface area (TPSA) is 244 Å². The quantitative estimate of drug-likeness (QED) is 0.0869. The maximum absolute atomic E-state index is 13.2. The SMILES string of the molecule is Cc1cc(O)cc(O)c1-c1onc(C(F)(F)F)c1-c1cscn1.Cc1cc(O)cc(O)c1-c1oncc1-c1csc(-c2ccccc2)n1.Cc1noc(-c2ccc(O)cc2O)c1-c1ccc2c(c1)OCCO2. The number of thiazole rings is 2. The number of nitrogens with zero attached hydrogens (tertiary/aromatic N) is 5. The second-order valence-corrected chi connectivity index (χ2v) is 17.5. The van der Waals surface area contributed by atoms with Gasteiger partial charge in [0.2, 0.25) is 0 Å². The van der Waals surface area contributed by atoms with Crippen LogP contribution in [0.2, 0.25) is 0 Å². The number of ether oxygens (including phenoxy) is 2. The lowest BCUT2D eigenvalue weighted by Crippen LogP contribution is -2.15. The number of phenols is 6. The number of alkyl halides is 3. The number of fused-ring (bicyclic) bond motifs is 1. The van der Waals surface area contributed by atoms with Crippen molar-refractivity contribution < 1.29 is 66.9 Å². The van der Waals surface area contributed by atoms with Crippen molar-refractivity contribution in [1.29, 1.82) is 0 Å². The molecule has 6 N–H and O–H groups in total. The van der Waals surface area contributed by atoms with Crippen LogP contribution in [-0.4, -0.2) is 69.3 Å². The van der Waals surface area contributed by atoms with E-state index < -0.39 is 17.6 Å². The fourth-order valence-corrected chi connectivity index (χ4v) is 9.21. The lowest BCUT2D eigenvalue weighted by Gasteiger charge is -2.19. The van der Waals surface area contributed by atoms with Gasteiger partial charge in [0.25, 0.3) is 0 Å². The zero-order chi connectivity index (χ0) is 50.8. The number of halogens is 3. The van der Waals surface area contributed by atoms with E-state index in [1.54, 1.807) is 25.3 Å². The van der Waals surface area contributed by atoms with E-state index in [4.69, 9.17) is 23.0 Å². The Morgan fingerprint density at radius 3 is 1.89 bits per heavy atom. The average molecular weight is 1020 g/mol. The van der Waals surface area contributed by atoms with Gasteiger partial charge in [0.15, 0.2) is 34.5 Å². The molecule has 0 saturated carbocycles. The van der Waals surface area contributed by atoms with Gasteiger partial charge in [-0.25, -0.2) is 9.97 Å². The Hall–Kier alpha value is -8.82. The first-order valence-corrected chi connectivity index (χ1v) is 23.2. The lowest BCUT2D eigenvalue weighted by molar-refractivity contribution is -0.142. The van der Waals surface area contributed by atoms with E-state index in [0.717, 1.165) is 44.8 Å². The molecule has 0 amide bonds. The number of aryl methyl sites for hydroxylation is 3. The zero-order valence-electron chi connectivity index (χ0n) is 37.8. The molecule has 0 aliphatic carbocycles. The van der Waals surface area contributed by atoms with Gasteiger partial charge in [0, 0.05) is 34.5 Å². The van der Waals surface area contributed by atoms with E-state index in [-0.39, 0.29) is 51.3 Å². The fourth-order valence-electron chi connectivity index (χ4n) is 7.84. The predicted molar refractivity (Wildman–Crippen MR) is 259 cm³/mol. The molecule has 5 aromatic heterocycles. The molecular weight excluding hydrogens is 980 g/mol. The molecule has 1 aliphatic rings. The lowest BCUT2D eigenvalue weighted by atomic mass is 9.99. The van der Waals surface area contributed by atoms with E-state index >= 15 is 0 Å². The van der Waals surface area contributed by atoms with E-state index in [1.165, 1.54) is 53.4 Å². The first-order chi connectivity index (χ1) is 34.5. The van der Waals surface area contributed by atoms with Gasteiger partial charge >= 0.3 is 6.18 Å². The van der Waals surface area contributed by atoms with Crippen molar-refractivity contribution in [3.63, 3.8) is 0 Å². The summed E-state index contributed by atoms with van der Waals surface area (Å²) in [6.07, 6.45) is -3.15. The number of hydrogen-bond donors (Lipinski definition) is 6. The predicted octanol–water partition coefficient (Wildman–Crippen LogP) is 12.6. The number of rotatable bonds is 7. The zero-order valence-corrected chi connectivity index (χ0v) is 39.4. The summed E-state index contributed by atoms with van der Waals surface area (Å²) in [6.45, 7) is 6.18. The summed E-state index contributed by atoms with van der Waals surface area (Å²) < 4.78 is 66.4. The minimum Gasteiger partial charge on any atom is -0.508 e. The van der Waals surface area contributed by atoms with E-state index in [1.807, 2.05) is 60.8 Å². The van der Waals surface area contributed by atoms with Crippen LogP contribution in [0, 0.1) is 20.8 Å². The van der Waals surface area contributed by atoms with Crippen molar-refractivity contribution in [2.75, 3.05) is 13.2 Å². The van der Waals surface area contributed by atoms with Crippen LogP contribution in [-0.2, 0) is 6.18 Å². The second-order valence-electron chi connectivity index (χ2n) is 15.9. The molecule has 0 saturated heterocycles. The minimum absolute atomic E-state index is 0.000150. The molecule has 72 heavy (non-hydrogen) atoms. The Balaban J connectivity index is 0.000000133. The molecule has 0 unspecified atom stereocenters. The highest BCUT2D eigenvalue weighted by atomic mass is 32.1. The summed E-state index contributed by atoms with van der Waals surface area (Å²) in [7, 11) is 0. The monoisotopic (exact) mass is 1020 g/mol. The van der Waals surface area contributed by atoms with Gasteiger partial charge in [0.1, 0.15) is 52.7 Å². The maximum Gasteiger partial charge on any atom is 0.437 e. The number of phenolic OH excluding ortho intramolecular Hbond substituents is 6. The number of hydrogen-bond acceptors (Lipinski definition) is 18. The number of aromatic nitrogens is 5. The minimum atomic E-state index is -4.73. The molecule has 5 aromatic carbocycles. The Morgan fingerprint density at radius 1 is 0.569 bits per heavy atom. The average Bonchev–Trinajstić information content (AvgIpc) is 4.20. The van der Waals surface area contributed by atoms with Crippen molar-refractivity contribution in [2.24, 2.45) is 0 Å². The molecule has 11 rings (SSSR count). The molecule has 0 atom stereocenters. The van der Waals surface area contributed by atoms with Crippen molar-refractivity contribution in [1.82, 2.24) is 25.4 Å². The summed E-state index contributed by atoms with van der Waals surface area (Å²) in [4.78, 5) is 8.56. The summed E-state index contributed by atoms with van der Waals surface area (Å²) in [5, 5.41) is 74.2. The van der Waals surface area contributed by atoms with Crippen LogP contribution < -0.4 is 9.47 Å². The van der Waals surface area contributed by atoms with Crippen LogP contribution >= 0.6 is 22.7 Å². The highest BCUT2D eigenvalue weighted by molar-refractivity contribution is 7.13. The molecule has 0 fully saturated rings. The molecule has 366 valence electrons. The van der Waals surface area contributed by atoms with Crippen molar-refractivity contribution in [3.8, 4) is 124 Å². The third kappa shape index (κ3) is 9.82. The van der Waals surface area contributed by atoms with Crippen molar-refractivity contribution >= 4 is 22.7 Å². The molecule has 10 aromatic rings. The molecule has 21 heteroatoms. The molecule has 6 heterocycles. The molecule has 0 bridgehead atoms. The third-order valence-electron chi connectivity index (χ3n) is 11.0. The van der Waals surface area contributed by atoms with Crippen LogP contribution in [0.1, 0.15) is 22.5 Å². The molecule has 1 aliphatic heterocycles. The first-order valence-electron chi connectivity index (χ1n) is 21.4. The third-order valence-corrected chi connectivity index (χ3v) is 12.5. The summed E-state index contributed by atoms with van der Waals surface area (Å²) in [6, 6.07) is 25.0. The maximum atomic E-state index is 13.2. The Labute approximate surface area is 413 Å². The van der Waals surface area contributed by atoms with E-state index in [2.05, 4.69) is 25.4 Å². The summed E-state index contributed by atoms with van der Waals surface area (Å²) in [5.41, 5.74) is 6.64. The Kier molecular flexibility index (Phi) is 13.3. The van der Waals surface area contributed by atoms with Crippen LogP contribution in [0.5, 0.6) is 46.0 Å². The summed E-state index contributed by atoms with van der Waals surface area (Å²) in [5.74, 6) is 1.19. The van der Waals surface area contributed by atoms with Crippen molar-refractivity contribution in [2.45, 2.75) is 26.9 Å². The molecular formula is C51H38F3N5O11S2. The molecule has 0 radical (unpaired) electrons. The first kappa shape index (κ1) is 48.2. The van der Waals surface area contributed by atoms with Crippen LogP contribution in [0.15, 0.2) is 127 Å². The number of benzene rings is 5. The van der Waals surface area contributed by atoms with Crippen molar-refractivity contribution in [3.05, 3.63) is 136 Å². The van der Waals surface area contributed by atoms with Gasteiger partial charge in [-0.1, -0.05) is 51.9 Å².